The highest BCUT2D eigenvalue weighted by Gasteiger charge is 2.17. The zero-order chi connectivity index (χ0) is 13.6. The third-order valence-electron chi connectivity index (χ3n) is 3.34. The van der Waals surface area contributed by atoms with E-state index in [9.17, 15) is 5.11 Å². The summed E-state index contributed by atoms with van der Waals surface area (Å²) in [5.74, 6) is 0.00591. The number of rotatable bonds is 1. The van der Waals surface area contributed by atoms with Crippen LogP contribution in [0.5, 0.6) is 5.88 Å². The second kappa shape index (κ2) is 4.24. The number of fused-ring (bicyclic) bond motifs is 1. The van der Waals surface area contributed by atoms with Crippen molar-refractivity contribution in [2.24, 2.45) is 0 Å². The first-order valence-corrected chi connectivity index (χ1v) is 6.25. The van der Waals surface area contributed by atoms with Crippen LogP contribution in [0.2, 0.25) is 5.02 Å². The molecular formula is C14H12ClN3O. The van der Waals surface area contributed by atoms with Gasteiger partial charge in [0, 0.05) is 16.4 Å². The van der Waals surface area contributed by atoms with Gasteiger partial charge in [-0.05, 0) is 37.6 Å². The third-order valence-corrected chi connectivity index (χ3v) is 3.57. The fourth-order valence-electron chi connectivity index (χ4n) is 2.31. The van der Waals surface area contributed by atoms with E-state index in [-0.39, 0.29) is 5.88 Å². The highest BCUT2D eigenvalue weighted by Crippen LogP contribution is 2.31. The van der Waals surface area contributed by atoms with E-state index in [0.717, 1.165) is 16.9 Å². The molecule has 1 aromatic carbocycles. The zero-order valence-electron chi connectivity index (χ0n) is 10.6. The van der Waals surface area contributed by atoms with Gasteiger partial charge in [0.15, 0.2) is 5.65 Å². The summed E-state index contributed by atoms with van der Waals surface area (Å²) in [7, 11) is 0. The van der Waals surface area contributed by atoms with Crippen molar-refractivity contribution in [3.63, 3.8) is 0 Å². The monoisotopic (exact) mass is 273 g/mol. The van der Waals surface area contributed by atoms with Gasteiger partial charge in [-0.15, -0.1) is 0 Å². The molecule has 0 amide bonds. The number of aryl methyl sites for hydroxylation is 1. The lowest BCUT2D eigenvalue weighted by Gasteiger charge is -2.08. The average Bonchev–Trinajstić information content (AvgIpc) is 2.63. The van der Waals surface area contributed by atoms with Crippen molar-refractivity contribution in [3.05, 3.63) is 46.9 Å². The van der Waals surface area contributed by atoms with Gasteiger partial charge in [0.1, 0.15) is 6.33 Å². The van der Waals surface area contributed by atoms with Gasteiger partial charge in [-0.3, -0.25) is 4.57 Å². The first-order chi connectivity index (χ1) is 9.09. The molecule has 0 radical (unpaired) electrons. The summed E-state index contributed by atoms with van der Waals surface area (Å²) in [6.45, 7) is 3.93. The minimum atomic E-state index is 0.00591. The van der Waals surface area contributed by atoms with Gasteiger partial charge in [0.2, 0.25) is 5.88 Å². The first-order valence-electron chi connectivity index (χ1n) is 5.87. The Bertz CT molecular complexity index is 780. The number of aromatic hydroxyl groups is 1. The topological polar surface area (TPSA) is 50.9 Å². The standard InChI is InChI=1S/C14H12ClN3O/c1-8-9(2)18(11-5-3-4-10(15)6-11)13-12(8)14(19)17-7-16-13/h3-7H,1-2H3,(H,16,17,19). The van der Waals surface area contributed by atoms with Crippen LogP contribution >= 0.6 is 11.6 Å². The lowest BCUT2D eigenvalue weighted by Crippen LogP contribution is -1.98. The van der Waals surface area contributed by atoms with Gasteiger partial charge in [-0.2, -0.15) is 0 Å². The highest BCUT2D eigenvalue weighted by atomic mass is 35.5. The molecule has 5 heteroatoms. The molecule has 19 heavy (non-hydrogen) atoms. The molecule has 0 atom stereocenters. The molecule has 0 bridgehead atoms. The third kappa shape index (κ3) is 1.76. The molecule has 4 nitrogen and oxygen atoms in total. The maximum absolute atomic E-state index is 9.90. The maximum Gasteiger partial charge on any atom is 0.223 e. The average molecular weight is 274 g/mol. The Kier molecular flexibility index (Phi) is 2.68. The number of benzene rings is 1. The van der Waals surface area contributed by atoms with Gasteiger partial charge in [-0.1, -0.05) is 17.7 Å². The summed E-state index contributed by atoms with van der Waals surface area (Å²) in [6, 6.07) is 7.54. The highest BCUT2D eigenvalue weighted by molar-refractivity contribution is 6.30. The van der Waals surface area contributed by atoms with Gasteiger partial charge in [0.25, 0.3) is 0 Å². The van der Waals surface area contributed by atoms with E-state index in [1.54, 1.807) is 0 Å². The van der Waals surface area contributed by atoms with Crippen LogP contribution in [0.1, 0.15) is 11.3 Å². The maximum atomic E-state index is 9.90. The van der Waals surface area contributed by atoms with Gasteiger partial charge in [0.05, 0.1) is 5.39 Å². The van der Waals surface area contributed by atoms with Crippen molar-refractivity contribution in [2.75, 3.05) is 0 Å². The Morgan fingerprint density at radius 2 is 2.00 bits per heavy atom. The molecule has 0 aliphatic rings. The minimum absolute atomic E-state index is 0.00591. The van der Waals surface area contributed by atoms with Crippen LogP contribution in [-0.2, 0) is 0 Å². The quantitative estimate of drug-likeness (QED) is 0.739. The Morgan fingerprint density at radius 1 is 1.21 bits per heavy atom. The summed E-state index contributed by atoms with van der Waals surface area (Å²) >= 11 is 6.04. The van der Waals surface area contributed by atoms with Crippen LogP contribution in [0.25, 0.3) is 16.7 Å². The molecule has 0 saturated carbocycles. The van der Waals surface area contributed by atoms with Crippen LogP contribution in [0.3, 0.4) is 0 Å². The van der Waals surface area contributed by atoms with E-state index < -0.39 is 0 Å². The minimum Gasteiger partial charge on any atom is -0.493 e. The second-order valence-electron chi connectivity index (χ2n) is 4.42. The summed E-state index contributed by atoms with van der Waals surface area (Å²) in [4.78, 5) is 8.12. The van der Waals surface area contributed by atoms with E-state index in [2.05, 4.69) is 9.97 Å². The summed E-state index contributed by atoms with van der Waals surface area (Å²) < 4.78 is 1.97. The van der Waals surface area contributed by atoms with E-state index >= 15 is 0 Å². The molecule has 0 fully saturated rings. The van der Waals surface area contributed by atoms with Crippen LogP contribution < -0.4 is 0 Å². The molecule has 1 N–H and O–H groups in total. The lowest BCUT2D eigenvalue weighted by atomic mass is 10.2. The summed E-state index contributed by atoms with van der Waals surface area (Å²) in [5, 5.41) is 11.2. The molecule has 0 spiro atoms. The lowest BCUT2D eigenvalue weighted by molar-refractivity contribution is 0.459. The molecular weight excluding hydrogens is 262 g/mol. The Labute approximate surface area is 115 Å². The molecule has 0 unspecified atom stereocenters. The van der Waals surface area contributed by atoms with E-state index in [4.69, 9.17) is 11.6 Å². The molecule has 3 rings (SSSR count). The normalized spacial score (nSPS) is 11.1. The van der Waals surface area contributed by atoms with Crippen molar-refractivity contribution < 1.29 is 5.11 Å². The summed E-state index contributed by atoms with van der Waals surface area (Å²) in [6.07, 6.45) is 1.36. The number of aromatic nitrogens is 3. The molecule has 2 heterocycles. The molecule has 0 saturated heterocycles. The summed E-state index contributed by atoms with van der Waals surface area (Å²) in [5.41, 5.74) is 3.58. The number of halogens is 1. The van der Waals surface area contributed by atoms with E-state index in [0.29, 0.717) is 16.1 Å². The molecule has 0 aliphatic carbocycles. The molecule has 2 aromatic heterocycles. The largest absolute Gasteiger partial charge is 0.493 e. The fraction of sp³-hybridized carbons (Fsp3) is 0.143. The van der Waals surface area contributed by atoms with Crippen LogP contribution in [0, 0.1) is 13.8 Å². The van der Waals surface area contributed by atoms with Crippen molar-refractivity contribution in [2.45, 2.75) is 13.8 Å². The number of hydrogen-bond acceptors (Lipinski definition) is 3. The SMILES string of the molecule is Cc1c(C)n(-c2cccc(Cl)c2)c2ncnc(O)c12. The predicted molar refractivity (Wildman–Crippen MR) is 75.0 cm³/mol. The number of hydrogen-bond donors (Lipinski definition) is 1. The van der Waals surface area contributed by atoms with Gasteiger partial charge >= 0.3 is 0 Å². The number of nitrogens with zero attached hydrogens (tertiary/aromatic N) is 3. The Balaban J connectivity index is 2.42. The molecule has 96 valence electrons. The van der Waals surface area contributed by atoms with Gasteiger partial charge < -0.3 is 5.11 Å². The van der Waals surface area contributed by atoms with Crippen molar-refractivity contribution >= 4 is 22.6 Å². The van der Waals surface area contributed by atoms with Gasteiger partial charge in [-0.25, -0.2) is 9.97 Å². The van der Waals surface area contributed by atoms with Crippen LogP contribution in [-0.4, -0.2) is 19.6 Å². The Morgan fingerprint density at radius 3 is 2.74 bits per heavy atom. The van der Waals surface area contributed by atoms with Crippen LogP contribution in [0.15, 0.2) is 30.6 Å². The van der Waals surface area contributed by atoms with Crippen molar-refractivity contribution in [1.82, 2.24) is 14.5 Å². The van der Waals surface area contributed by atoms with Crippen molar-refractivity contribution in [3.8, 4) is 11.6 Å². The smallest absolute Gasteiger partial charge is 0.223 e. The van der Waals surface area contributed by atoms with Crippen molar-refractivity contribution in [1.29, 1.82) is 0 Å². The zero-order valence-corrected chi connectivity index (χ0v) is 11.3. The van der Waals surface area contributed by atoms with E-state index in [1.165, 1.54) is 6.33 Å². The Hall–Kier alpha value is -2.07. The predicted octanol–water partition coefficient (Wildman–Crippen LogP) is 3.40. The van der Waals surface area contributed by atoms with Crippen LogP contribution in [0.4, 0.5) is 0 Å². The fourth-order valence-corrected chi connectivity index (χ4v) is 2.50. The molecule has 0 aliphatic heterocycles. The second-order valence-corrected chi connectivity index (χ2v) is 4.86. The molecule has 3 aromatic rings. The van der Waals surface area contributed by atoms with E-state index in [1.807, 2.05) is 42.7 Å². The first kappa shape index (κ1) is 12.0.